The molecule has 3 rings (SSSR count). The Morgan fingerprint density at radius 1 is 1.17 bits per heavy atom. The van der Waals surface area contributed by atoms with Gasteiger partial charge in [0.1, 0.15) is 6.04 Å². The van der Waals surface area contributed by atoms with E-state index in [2.05, 4.69) is 13.0 Å². The van der Waals surface area contributed by atoms with Crippen molar-refractivity contribution in [3.05, 3.63) is 47.5 Å². The summed E-state index contributed by atoms with van der Waals surface area (Å²) in [6.07, 6.45) is 5.20. The van der Waals surface area contributed by atoms with E-state index in [4.69, 9.17) is 0 Å². The van der Waals surface area contributed by atoms with Crippen LogP contribution in [0.1, 0.15) is 31.7 Å². The van der Waals surface area contributed by atoms with Crippen LogP contribution in [0.25, 0.3) is 0 Å². The van der Waals surface area contributed by atoms with Gasteiger partial charge in [0, 0.05) is 19.6 Å². The second-order valence-corrected chi connectivity index (χ2v) is 6.51. The molecule has 4 heteroatoms. The normalized spacial score (nSPS) is 21.3. The summed E-state index contributed by atoms with van der Waals surface area (Å²) in [7, 11) is 0. The van der Waals surface area contributed by atoms with Gasteiger partial charge in [0.15, 0.2) is 0 Å². The fraction of sp³-hybridized carbons (Fsp3) is 0.474. The van der Waals surface area contributed by atoms with E-state index in [0.717, 1.165) is 31.4 Å². The monoisotopic (exact) mass is 312 g/mol. The summed E-state index contributed by atoms with van der Waals surface area (Å²) in [5, 5.41) is 0. The van der Waals surface area contributed by atoms with E-state index in [1.54, 1.807) is 4.90 Å². The average molecular weight is 312 g/mol. The lowest BCUT2D eigenvalue weighted by molar-refractivity contribution is -0.143. The lowest BCUT2D eigenvalue weighted by Crippen LogP contribution is -2.49. The Morgan fingerprint density at radius 2 is 1.96 bits per heavy atom. The SMILES string of the molecule is CC1=CCCN(C(=O)[C@@H]2CCCN2C(=O)Cc2ccccc2)C1. The van der Waals surface area contributed by atoms with Gasteiger partial charge >= 0.3 is 0 Å². The van der Waals surface area contributed by atoms with Crippen LogP contribution in [-0.2, 0) is 16.0 Å². The van der Waals surface area contributed by atoms with Crippen LogP contribution in [-0.4, -0.2) is 47.3 Å². The third-order valence-corrected chi connectivity index (χ3v) is 4.70. The van der Waals surface area contributed by atoms with Crippen molar-refractivity contribution in [2.75, 3.05) is 19.6 Å². The summed E-state index contributed by atoms with van der Waals surface area (Å²) in [5.74, 6) is 0.188. The Morgan fingerprint density at radius 3 is 2.70 bits per heavy atom. The Bertz CT molecular complexity index is 609. The molecule has 0 unspecified atom stereocenters. The first-order valence-corrected chi connectivity index (χ1v) is 8.43. The molecule has 0 aromatic heterocycles. The maximum absolute atomic E-state index is 12.8. The molecule has 2 aliphatic rings. The Labute approximate surface area is 137 Å². The molecule has 0 aliphatic carbocycles. The van der Waals surface area contributed by atoms with Crippen molar-refractivity contribution in [3.63, 3.8) is 0 Å². The smallest absolute Gasteiger partial charge is 0.245 e. The van der Waals surface area contributed by atoms with Crippen LogP contribution in [0.2, 0.25) is 0 Å². The molecule has 1 aromatic carbocycles. The second kappa shape index (κ2) is 6.99. The minimum absolute atomic E-state index is 0.0660. The number of likely N-dealkylation sites (tertiary alicyclic amines) is 1. The highest BCUT2D eigenvalue weighted by Gasteiger charge is 2.36. The quantitative estimate of drug-likeness (QED) is 0.804. The molecular formula is C19H24N2O2. The predicted octanol–water partition coefficient (Wildman–Crippen LogP) is 2.40. The molecule has 1 saturated heterocycles. The van der Waals surface area contributed by atoms with Gasteiger partial charge in [-0.3, -0.25) is 9.59 Å². The van der Waals surface area contributed by atoms with Gasteiger partial charge in [0.25, 0.3) is 0 Å². The van der Waals surface area contributed by atoms with Crippen molar-refractivity contribution in [2.45, 2.75) is 38.6 Å². The Balaban J connectivity index is 1.66. The third kappa shape index (κ3) is 3.63. The van der Waals surface area contributed by atoms with Crippen LogP contribution >= 0.6 is 0 Å². The molecular weight excluding hydrogens is 288 g/mol. The average Bonchev–Trinajstić information content (AvgIpc) is 3.05. The molecule has 0 N–H and O–H groups in total. The molecule has 0 spiro atoms. The van der Waals surface area contributed by atoms with Crippen LogP contribution in [0.5, 0.6) is 0 Å². The van der Waals surface area contributed by atoms with Gasteiger partial charge in [-0.25, -0.2) is 0 Å². The molecule has 0 saturated carbocycles. The predicted molar refractivity (Wildman–Crippen MR) is 89.8 cm³/mol. The minimum atomic E-state index is -0.267. The first kappa shape index (κ1) is 15.8. The molecule has 122 valence electrons. The van der Waals surface area contributed by atoms with E-state index in [0.29, 0.717) is 19.5 Å². The fourth-order valence-electron chi connectivity index (χ4n) is 3.50. The summed E-state index contributed by atoms with van der Waals surface area (Å²) in [6.45, 7) is 4.24. The summed E-state index contributed by atoms with van der Waals surface area (Å²) in [5.41, 5.74) is 2.25. The number of hydrogen-bond donors (Lipinski definition) is 0. The van der Waals surface area contributed by atoms with E-state index in [-0.39, 0.29) is 17.9 Å². The summed E-state index contributed by atoms with van der Waals surface area (Å²) < 4.78 is 0. The maximum atomic E-state index is 12.8. The van der Waals surface area contributed by atoms with Crippen LogP contribution in [0.3, 0.4) is 0 Å². The van der Waals surface area contributed by atoms with Gasteiger partial charge in [-0.05, 0) is 31.7 Å². The number of hydrogen-bond acceptors (Lipinski definition) is 2. The van der Waals surface area contributed by atoms with E-state index in [9.17, 15) is 9.59 Å². The number of carbonyl (C=O) groups excluding carboxylic acids is 2. The largest absolute Gasteiger partial charge is 0.337 e. The van der Waals surface area contributed by atoms with Gasteiger partial charge in [-0.15, -0.1) is 0 Å². The van der Waals surface area contributed by atoms with E-state index < -0.39 is 0 Å². The standard InChI is InChI=1S/C19H24N2O2/c1-15-7-5-11-20(14-15)19(23)17-10-6-12-21(17)18(22)13-16-8-3-2-4-9-16/h2-4,7-9,17H,5-6,10-14H2,1H3/t17-/m0/s1. The van der Waals surface area contributed by atoms with Crippen molar-refractivity contribution in [3.8, 4) is 0 Å². The molecule has 1 fully saturated rings. The first-order chi connectivity index (χ1) is 11.1. The second-order valence-electron chi connectivity index (χ2n) is 6.51. The van der Waals surface area contributed by atoms with E-state index in [1.807, 2.05) is 35.2 Å². The number of benzene rings is 1. The van der Waals surface area contributed by atoms with Crippen LogP contribution in [0.4, 0.5) is 0 Å². The summed E-state index contributed by atoms with van der Waals surface area (Å²) in [6, 6.07) is 9.49. The highest BCUT2D eigenvalue weighted by Crippen LogP contribution is 2.22. The molecule has 2 heterocycles. The lowest BCUT2D eigenvalue weighted by atomic mass is 10.1. The molecule has 4 nitrogen and oxygen atoms in total. The molecule has 1 aromatic rings. The van der Waals surface area contributed by atoms with Crippen LogP contribution < -0.4 is 0 Å². The zero-order valence-electron chi connectivity index (χ0n) is 13.7. The zero-order valence-corrected chi connectivity index (χ0v) is 13.7. The zero-order chi connectivity index (χ0) is 16.2. The van der Waals surface area contributed by atoms with Crippen molar-refractivity contribution in [1.82, 2.24) is 9.80 Å². The number of carbonyl (C=O) groups is 2. The molecule has 23 heavy (non-hydrogen) atoms. The van der Waals surface area contributed by atoms with Gasteiger partial charge in [-0.1, -0.05) is 42.0 Å². The molecule has 2 aliphatic heterocycles. The molecule has 0 bridgehead atoms. The third-order valence-electron chi connectivity index (χ3n) is 4.70. The van der Waals surface area contributed by atoms with Gasteiger partial charge in [0.05, 0.1) is 6.42 Å². The lowest BCUT2D eigenvalue weighted by Gasteiger charge is -2.32. The number of rotatable bonds is 3. The van der Waals surface area contributed by atoms with E-state index >= 15 is 0 Å². The van der Waals surface area contributed by atoms with Gasteiger partial charge in [0.2, 0.25) is 11.8 Å². The Kier molecular flexibility index (Phi) is 4.79. The Hall–Kier alpha value is -2.10. The van der Waals surface area contributed by atoms with Crippen molar-refractivity contribution >= 4 is 11.8 Å². The molecule has 1 atom stereocenters. The highest BCUT2D eigenvalue weighted by atomic mass is 16.2. The molecule has 0 radical (unpaired) electrons. The van der Waals surface area contributed by atoms with Crippen molar-refractivity contribution in [1.29, 1.82) is 0 Å². The molecule has 2 amide bonds. The van der Waals surface area contributed by atoms with Crippen LogP contribution in [0, 0.1) is 0 Å². The minimum Gasteiger partial charge on any atom is -0.337 e. The first-order valence-electron chi connectivity index (χ1n) is 8.43. The number of amides is 2. The maximum Gasteiger partial charge on any atom is 0.245 e. The number of nitrogens with zero attached hydrogens (tertiary/aromatic N) is 2. The van der Waals surface area contributed by atoms with Gasteiger partial charge < -0.3 is 9.80 Å². The van der Waals surface area contributed by atoms with Crippen LogP contribution in [0.15, 0.2) is 42.0 Å². The summed E-state index contributed by atoms with van der Waals surface area (Å²) in [4.78, 5) is 29.1. The van der Waals surface area contributed by atoms with Gasteiger partial charge in [-0.2, -0.15) is 0 Å². The summed E-state index contributed by atoms with van der Waals surface area (Å²) >= 11 is 0. The highest BCUT2D eigenvalue weighted by molar-refractivity contribution is 5.89. The van der Waals surface area contributed by atoms with Crippen molar-refractivity contribution in [2.24, 2.45) is 0 Å². The van der Waals surface area contributed by atoms with Crippen molar-refractivity contribution < 1.29 is 9.59 Å². The fourth-order valence-corrected chi connectivity index (χ4v) is 3.50. The topological polar surface area (TPSA) is 40.6 Å². The van der Waals surface area contributed by atoms with E-state index in [1.165, 1.54) is 5.57 Å².